The van der Waals surface area contributed by atoms with Crippen LogP contribution in [-0.4, -0.2) is 47.2 Å². The lowest BCUT2D eigenvalue weighted by Crippen LogP contribution is -2.50. The first-order valence-electron chi connectivity index (χ1n) is 12.3. The summed E-state index contributed by atoms with van der Waals surface area (Å²) in [6.07, 6.45) is -3.15. The van der Waals surface area contributed by atoms with Crippen LogP contribution in [0.4, 0.5) is 13.2 Å². The summed E-state index contributed by atoms with van der Waals surface area (Å²) in [6, 6.07) is 13.0. The molecule has 1 aromatic heterocycles. The van der Waals surface area contributed by atoms with Gasteiger partial charge in [0.1, 0.15) is 12.1 Å². The number of fused-ring (bicyclic) bond motifs is 1. The minimum absolute atomic E-state index is 0.0642. The molecule has 10 heteroatoms. The van der Waals surface area contributed by atoms with Crippen molar-refractivity contribution >= 4 is 17.1 Å². The standard InChI is InChI=1S/C27H33F3N2O5/c1-4-5-13-26(34,37-24(33)27(28,29)30)17-31-21(12-11-20-9-7-6-8-10-20)16-35-25-32-22-14-18(2)19(3)15-23(22)36-25/h6-10,14-15,21,31,34H,4-5,11-13,16-17H2,1-3H3/t21-,26?/m1/s1. The maximum absolute atomic E-state index is 12.8. The molecule has 2 aromatic carbocycles. The molecule has 3 aromatic rings. The highest BCUT2D eigenvalue weighted by molar-refractivity contribution is 5.76. The third kappa shape index (κ3) is 8.46. The number of oxazole rings is 1. The monoisotopic (exact) mass is 522 g/mol. The zero-order valence-corrected chi connectivity index (χ0v) is 21.2. The zero-order valence-electron chi connectivity index (χ0n) is 21.2. The number of esters is 1. The van der Waals surface area contributed by atoms with E-state index >= 15 is 0 Å². The Balaban J connectivity index is 1.71. The van der Waals surface area contributed by atoms with Crippen molar-refractivity contribution in [1.82, 2.24) is 10.3 Å². The molecule has 0 bridgehead atoms. The third-order valence-electron chi connectivity index (χ3n) is 6.12. The summed E-state index contributed by atoms with van der Waals surface area (Å²) < 4.78 is 54.4. The number of halogens is 3. The van der Waals surface area contributed by atoms with Crippen LogP contribution in [0.3, 0.4) is 0 Å². The summed E-state index contributed by atoms with van der Waals surface area (Å²) in [5, 5.41) is 13.8. The molecule has 0 aliphatic carbocycles. The van der Waals surface area contributed by atoms with Gasteiger partial charge in [0.25, 0.3) is 0 Å². The van der Waals surface area contributed by atoms with E-state index in [1.165, 1.54) is 0 Å². The molecule has 1 heterocycles. The van der Waals surface area contributed by atoms with Crippen molar-refractivity contribution < 1.29 is 37.0 Å². The van der Waals surface area contributed by atoms with Gasteiger partial charge >= 0.3 is 18.2 Å². The Morgan fingerprint density at radius 1 is 1.16 bits per heavy atom. The number of unbranched alkanes of at least 4 members (excludes halogenated alkanes) is 1. The van der Waals surface area contributed by atoms with Gasteiger partial charge < -0.3 is 24.3 Å². The number of alkyl halides is 3. The summed E-state index contributed by atoms with van der Waals surface area (Å²) in [5.74, 6) is -4.75. The largest absolute Gasteiger partial charge is 0.491 e. The van der Waals surface area contributed by atoms with Crippen LogP contribution >= 0.6 is 0 Å². The van der Waals surface area contributed by atoms with Crippen molar-refractivity contribution in [3.8, 4) is 6.08 Å². The zero-order chi connectivity index (χ0) is 27.1. The van der Waals surface area contributed by atoms with E-state index < -0.39 is 30.5 Å². The van der Waals surface area contributed by atoms with Gasteiger partial charge in [-0.05, 0) is 61.9 Å². The second kappa shape index (κ2) is 12.4. The lowest BCUT2D eigenvalue weighted by Gasteiger charge is -2.30. The lowest BCUT2D eigenvalue weighted by atomic mass is 10.0. The molecule has 0 radical (unpaired) electrons. The molecule has 202 valence electrons. The number of rotatable bonds is 13. The van der Waals surface area contributed by atoms with Crippen LogP contribution in [0, 0.1) is 13.8 Å². The lowest BCUT2D eigenvalue weighted by molar-refractivity contribution is -0.248. The Bertz CT molecular complexity index is 1130. The van der Waals surface area contributed by atoms with Crippen molar-refractivity contribution in [2.45, 2.75) is 70.9 Å². The van der Waals surface area contributed by atoms with E-state index in [-0.39, 0.29) is 19.1 Å². The van der Waals surface area contributed by atoms with Crippen molar-refractivity contribution in [2.75, 3.05) is 13.2 Å². The Morgan fingerprint density at radius 3 is 2.54 bits per heavy atom. The molecule has 1 unspecified atom stereocenters. The predicted octanol–water partition coefficient (Wildman–Crippen LogP) is 5.40. The molecule has 0 fully saturated rings. The van der Waals surface area contributed by atoms with E-state index in [0.717, 1.165) is 16.7 Å². The molecule has 2 N–H and O–H groups in total. The second-order valence-electron chi connectivity index (χ2n) is 9.23. The topological polar surface area (TPSA) is 93.8 Å². The predicted molar refractivity (Wildman–Crippen MR) is 132 cm³/mol. The van der Waals surface area contributed by atoms with E-state index in [1.54, 1.807) is 0 Å². The highest BCUT2D eigenvalue weighted by atomic mass is 19.4. The number of aryl methyl sites for hydroxylation is 3. The molecule has 2 atom stereocenters. The number of aromatic nitrogens is 1. The molecule has 0 spiro atoms. The number of carbonyl (C=O) groups excluding carboxylic acids is 1. The van der Waals surface area contributed by atoms with Crippen LogP contribution < -0.4 is 10.1 Å². The Kier molecular flexibility index (Phi) is 9.56. The molecule has 0 aliphatic rings. The minimum Gasteiger partial charge on any atom is -0.449 e. The van der Waals surface area contributed by atoms with Crippen LogP contribution in [0.15, 0.2) is 46.9 Å². The van der Waals surface area contributed by atoms with Crippen LogP contribution in [0.2, 0.25) is 0 Å². The van der Waals surface area contributed by atoms with Crippen molar-refractivity contribution in [1.29, 1.82) is 0 Å². The van der Waals surface area contributed by atoms with Crippen LogP contribution in [0.25, 0.3) is 11.1 Å². The van der Waals surface area contributed by atoms with Gasteiger partial charge in [-0.15, -0.1) is 0 Å². The first-order valence-corrected chi connectivity index (χ1v) is 12.3. The van der Waals surface area contributed by atoms with Crippen LogP contribution in [-0.2, 0) is 16.0 Å². The van der Waals surface area contributed by atoms with Crippen molar-refractivity contribution in [2.24, 2.45) is 0 Å². The van der Waals surface area contributed by atoms with E-state index in [4.69, 9.17) is 9.15 Å². The number of hydrogen-bond acceptors (Lipinski definition) is 7. The Morgan fingerprint density at radius 2 is 1.86 bits per heavy atom. The molecule has 0 saturated heterocycles. The summed E-state index contributed by atoms with van der Waals surface area (Å²) >= 11 is 0. The quantitative estimate of drug-likeness (QED) is 0.229. The SMILES string of the molecule is CCCCC(O)(CN[C@H](CCc1ccccc1)COc1nc2cc(C)c(C)cc2o1)OC(=O)C(F)(F)F. The number of ether oxygens (including phenoxy) is 2. The van der Waals surface area contributed by atoms with Crippen LogP contribution in [0.1, 0.15) is 49.3 Å². The molecule has 37 heavy (non-hydrogen) atoms. The number of aliphatic hydroxyl groups is 1. The number of nitrogens with one attached hydrogen (secondary N) is 1. The number of carbonyl (C=O) groups is 1. The molecule has 7 nitrogen and oxygen atoms in total. The average Bonchev–Trinajstić information content (AvgIpc) is 3.24. The van der Waals surface area contributed by atoms with Gasteiger partial charge in [-0.1, -0.05) is 43.7 Å². The third-order valence-corrected chi connectivity index (χ3v) is 6.12. The molecule has 0 amide bonds. The van der Waals surface area contributed by atoms with E-state index in [0.29, 0.717) is 36.8 Å². The summed E-state index contributed by atoms with van der Waals surface area (Å²) in [7, 11) is 0. The van der Waals surface area contributed by atoms with Gasteiger partial charge in [0.2, 0.25) is 5.79 Å². The first-order chi connectivity index (χ1) is 17.5. The maximum atomic E-state index is 12.8. The van der Waals surface area contributed by atoms with Crippen molar-refractivity contribution in [3.05, 3.63) is 59.2 Å². The average molecular weight is 523 g/mol. The molecular formula is C27H33F3N2O5. The fraction of sp³-hybridized carbons (Fsp3) is 0.481. The minimum atomic E-state index is -5.21. The van der Waals surface area contributed by atoms with Gasteiger partial charge in [0.15, 0.2) is 5.58 Å². The van der Waals surface area contributed by atoms with Crippen LogP contribution in [0.5, 0.6) is 6.08 Å². The Labute approximate surface area is 214 Å². The number of nitrogens with zero attached hydrogens (tertiary/aromatic N) is 1. The summed E-state index contributed by atoms with van der Waals surface area (Å²) in [5.41, 5.74) is 4.42. The Hall–Kier alpha value is -3.11. The highest BCUT2D eigenvalue weighted by Crippen LogP contribution is 2.25. The highest BCUT2D eigenvalue weighted by Gasteiger charge is 2.46. The number of hydrogen-bond donors (Lipinski definition) is 2. The molecule has 0 aliphatic heterocycles. The maximum Gasteiger partial charge on any atom is 0.491 e. The molecule has 0 saturated carbocycles. The summed E-state index contributed by atoms with van der Waals surface area (Å²) in [6.45, 7) is 5.42. The van der Waals surface area contributed by atoms with Gasteiger partial charge in [-0.2, -0.15) is 18.2 Å². The van der Waals surface area contributed by atoms with E-state index in [1.807, 2.05) is 63.2 Å². The van der Waals surface area contributed by atoms with Gasteiger partial charge in [-0.25, -0.2) is 4.79 Å². The van der Waals surface area contributed by atoms with E-state index in [9.17, 15) is 23.1 Å². The smallest absolute Gasteiger partial charge is 0.449 e. The van der Waals surface area contributed by atoms with Gasteiger partial charge in [0.05, 0.1) is 6.54 Å². The molecular weight excluding hydrogens is 489 g/mol. The number of benzene rings is 2. The fourth-order valence-corrected chi connectivity index (χ4v) is 3.79. The van der Waals surface area contributed by atoms with E-state index in [2.05, 4.69) is 15.0 Å². The second-order valence-corrected chi connectivity index (χ2v) is 9.23. The molecule has 3 rings (SSSR count). The fourth-order valence-electron chi connectivity index (χ4n) is 3.79. The van der Waals surface area contributed by atoms with Crippen molar-refractivity contribution in [3.63, 3.8) is 0 Å². The van der Waals surface area contributed by atoms with Gasteiger partial charge in [0, 0.05) is 12.5 Å². The van der Waals surface area contributed by atoms with Gasteiger partial charge in [-0.3, -0.25) is 0 Å². The first kappa shape index (κ1) is 28.5. The summed E-state index contributed by atoms with van der Waals surface area (Å²) in [4.78, 5) is 15.8. The normalized spacial score (nSPS) is 14.4.